The van der Waals surface area contributed by atoms with Crippen molar-refractivity contribution in [3.05, 3.63) is 15.9 Å². The van der Waals surface area contributed by atoms with Gasteiger partial charge in [0.1, 0.15) is 0 Å². The minimum atomic E-state index is 0.0755. The molecule has 2 N–H and O–H groups in total. The third kappa shape index (κ3) is 3.32. The highest BCUT2D eigenvalue weighted by Gasteiger charge is 2.22. The molecule has 18 heavy (non-hydrogen) atoms. The highest BCUT2D eigenvalue weighted by Crippen LogP contribution is 2.21. The van der Waals surface area contributed by atoms with Gasteiger partial charge in [0.2, 0.25) is 5.91 Å². The van der Waals surface area contributed by atoms with Gasteiger partial charge in [-0.05, 0) is 35.2 Å². The summed E-state index contributed by atoms with van der Waals surface area (Å²) in [6.07, 6.45) is 3.15. The maximum atomic E-state index is 11.5. The van der Waals surface area contributed by atoms with Crippen molar-refractivity contribution in [3.63, 3.8) is 0 Å². The molecule has 5 nitrogen and oxygen atoms in total. The summed E-state index contributed by atoms with van der Waals surface area (Å²) in [4.78, 5) is 11.5. The van der Waals surface area contributed by atoms with Gasteiger partial charge in [0, 0.05) is 19.6 Å². The minimum Gasteiger partial charge on any atom is -0.352 e. The first-order valence-electron chi connectivity index (χ1n) is 6.32. The molecule has 1 amide bonds. The number of nitrogens with one attached hydrogen (secondary N) is 2. The standard InChI is InChI=1S/C12H19BrN4O/c1-3-9-12(13)10(17(2)16-9)6-14-7-11(18)15-8-4-5-8/h8,14H,3-7H2,1-2H3,(H,15,18). The van der Waals surface area contributed by atoms with Crippen LogP contribution in [-0.2, 0) is 24.8 Å². The fourth-order valence-electron chi connectivity index (χ4n) is 1.81. The number of nitrogens with zero attached hydrogens (tertiary/aromatic N) is 2. The predicted molar refractivity (Wildman–Crippen MR) is 73.2 cm³/mol. The maximum Gasteiger partial charge on any atom is 0.234 e. The van der Waals surface area contributed by atoms with Crippen LogP contribution in [0.5, 0.6) is 0 Å². The monoisotopic (exact) mass is 314 g/mol. The molecule has 1 saturated carbocycles. The van der Waals surface area contributed by atoms with Crippen molar-refractivity contribution in [1.82, 2.24) is 20.4 Å². The molecule has 1 aromatic heterocycles. The lowest BCUT2D eigenvalue weighted by Crippen LogP contribution is -2.35. The van der Waals surface area contributed by atoms with Gasteiger partial charge in [0.25, 0.3) is 0 Å². The Hall–Kier alpha value is -0.880. The van der Waals surface area contributed by atoms with Gasteiger partial charge < -0.3 is 10.6 Å². The Morgan fingerprint density at radius 3 is 2.83 bits per heavy atom. The number of hydrogen-bond acceptors (Lipinski definition) is 3. The van der Waals surface area contributed by atoms with Crippen LogP contribution in [0.4, 0.5) is 0 Å². The van der Waals surface area contributed by atoms with E-state index < -0.39 is 0 Å². The molecular formula is C12H19BrN4O. The Bertz CT molecular complexity index is 440. The van der Waals surface area contributed by atoms with E-state index >= 15 is 0 Å². The number of aromatic nitrogens is 2. The second-order valence-corrected chi connectivity index (χ2v) is 5.42. The van der Waals surface area contributed by atoms with Crippen molar-refractivity contribution in [2.24, 2.45) is 7.05 Å². The van der Waals surface area contributed by atoms with Crippen molar-refractivity contribution in [2.75, 3.05) is 6.54 Å². The summed E-state index contributed by atoms with van der Waals surface area (Å²) in [6.45, 7) is 3.07. The number of rotatable bonds is 6. The van der Waals surface area contributed by atoms with Crippen LogP contribution in [0, 0.1) is 0 Å². The van der Waals surface area contributed by atoms with Gasteiger partial charge in [-0.2, -0.15) is 5.10 Å². The van der Waals surface area contributed by atoms with E-state index in [0.29, 0.717) is 19.1 Å². The van der Waals surface area contributed by atoms with Crippen LogP contribution in [0.25, 0.3) is 0 Å². The summed E-state index contributed by atoms with van der Waals surface area (Å²) >= 11 is 3.56. The van der Waals surface area contributed by atoms with Crippen LogP contribution in [0.2, 0.25) is 0 Å². The van der Waals surface area contributed by atoms with Crippen molar-refractivity contribution in [3.8, 4) is 0 Å². The molecule has 0 aliphatic heterocycles. The van der Waals surface area contributed by atoms with Gasteiger partial charge >= 0.3 is 0 Å². The third-order valence-electron chi connectivity index (χ3n) is 3.02. The average molecular weight is 315 g/mol. The van der Waals surface area contributed by atoms with Crippen LogP contribution in [-0.4, -0.2) is 28.3 Å². The number of halogens is 1. The van der Waals surface area contributed by atoms with Gasteiger partial charge in [0.05, 0.1) is 22.4 Å². The molecule has 1 fully saturated rings. The molecule has 0 unspecified atom stereocenters. The van der Waals surface area contributed by atoms with Crippen LogP contribution < -0.4 is 10.6 Å². The zero-order valence-corrected chi connectivity index (χ0v) is 12.4. The second kappa shape index (κ2) is 5.84. The molecule has 1 heterocycles. The van der Waals surface area contributed by atoms with Crippen molar-refractivity contribution >= 4 is 21.8 Å². The van der Waals surface area contributed by atoms with Gasteiger partial charge in [0.15, 0.2) is 0 Å². The van der Waals surface area contributed by atoms with Crippen molar-refractivity contribution in [1.29, 1.82) is 0 Å². The van der Waals surface area contributed by atoms with Crippen LogP contribution in [0.15, 0.2) is 4.47 Å². The largest absolute Gasteiger partial charge is 0.352 e. The SMILES string of the molecule is CCc1nn(C)c(CNCC(=O)NC2CC2)c1Br. The number of carbonyl (C=O) groups excluding carboxylic acids is 1. The van der Waals surface area contributed by atoms with Crippen molar-refractivity contribution < 1.29 is 4.79 Å². The molecule has 0 saturated heterocycles. The molecule has 6 heteroatoms. The topological polar surface area (TPSA) is 59.0 Å². The lowest BCUT2D eigenvalue weighted by atomic mass is 10.3. The lowest BCUT2D eigenvalue weighted by Gasteiger charge is -2.06. The fourth-order valence-corrected chi connectivity index (χ4v) is 2.57. The summed E-state index contributed by atoms with van der Waals surface area (Å²) < 4.78 is 2.90. The Balaban J connectivity index is 1.82. The molecular weight excluding hydrogens is 296 g/mol. The van der Waals surface area contributed by atoms with E-state index in [4.69, 9.17) is 0 Å². The van der Waals surface area contributed by atoms with Crippen LogP contribution in [0.3, 0.4) is 0 Å². The summed E-state index contributed by atoms with van der Waals surface area (Å²) in [5.74, 6) is 0.0755. The smallest absolute Gasteiger partial charge is 0.234 e. The minimum absolute atomic E-state index is 0.0755. The van der Waals surface area contributed by atoms with Gasteiger partial charge in [-0.25, -0.2) is 0 Å². The third-order valence-corrected chi connectivity index (χ3v) is 3.94. The van der Waals surface area contributed by atoms with E-state index in [-0.39, 0.29) is 5.91 Å². The summed E-state index contributed by atoms with van der Waals surface area (Å²) in [6, 6.07) is 0.425. The van der Waals surface area contributed by atoms with Gasteiger partial charge in [-0.3, -0.25) is 9.48 Å². The Labute approximate surface area is 115 Å². The average Bonchev–Trinajstić information content (AvgIpc) is 3.09. The molecule has 0 aromatic carbocycles. The molecule has 2 rings (SSSR count). The zero-order valence-electron chi connectivity index (χ0n) is 10.8. The molecule has 1 aromatic rings. The predicted octanol–water partition coefficient (Wildman–Crippen LogP) is 1.11. The van der Waals surface area contributed by atoms with E-state index in [0.717, 1.165) is 35.1 Å². The van der Waals surface area contributed by atoms with E-state index in [2.05, 4.69) is 38.6 Å². The summed E-state index contributed by atoms with van der Waals surface area (Å²) in [5.41, 5.74) is 2.13. The Morgan fingerprint density at radius 2 is 2.28 bits per heavy atom. The normalized spacial score (nSPS) is 14.8. The second-order valence-electron chi connectivity index (χ2n) is 4.63. The molecule has 0 radical (unpaired) electrons. The number of carbonyl (C=O) groups is 1. The molecule has 0 atom stereocenters. The quantitative estimate of drug-likeness (QED) is 0.827. The van der Waals surface area contributed by atoms with Crippen LogP contribution in [0.1, 0.15) is 31.2 Å². The Kier molecular flexibility index (Phi) is 4.40. The van der Waals surface area contributed by atoms with Crippen molar-refractivity contribution in [2.45, 2.75) is 38.8 Å². The highest BCUT2D eigenvalue weighted by molar-refractivity contribution is 9.10. The number of hydrogen-bond donors (Lipinski definition) is 2. The molecule has 100 valence electrons. The maximum absolute atomic E-state index is 11.5. The highest BCUT2D eigenvalue weighted by atomic mass is 79.9. The van der Waals surface area contributed by atoms with Gasteiger partial charge in [-0.1, -0.05) is 6.92 Å². The summed E-state index contributed by atoms with van der Waals surface area (Å²) in [5, 5.41) is 10.5. The van der Waals surface area contributed by atoms with E-state index in [9.17, 15) is 4.79 Å². The number of amides is 1. The van der Waals surface area contributed by atoms with E-state index in [1.165, 1.54) is 0 Å². The first-order chi connectivity index (χ1) is 8.61. The lowest BCUT2D eigenvalue weighted by molar-refractivity contribution is -0.120. The first-order valence-corrected chi connectivity index (χ1v) is 7.11. The van der Waals surface area contributed by atoms with Gasteiger partial charge in [-0.15, -0.1) is 0 Å². The molecule has 0 bridgehead atoms. The van der Waals surface area contributed by atoms with Crippen LogP contribution >= 0.6 is 15.9 Å². The molecule has 0 spiro atoms. The molecule has 1 aliphatic rings. The first kappa shape index (κ1) is 13.5. The number of aryl methyl sites for hydroxylation is 2. The van der Waals surface area contributed by atoms with E-state index in [1.807, 2.05) is 11.7 Å². The van der Waals surface area contributed by atoms with E-state index in [1.54, 1.807) is 0 Å². The zero-order chi connectivity index (χ0) is 13.1. The molecule has 1 aliphatic carbocycles. The summed E-state index contributed by atoms with van der Waals surface area (Å²) in [7, 11) is 1.92. The Morgan fingerprint density at radius 1 is 1.56 bits per heavy atom. The fraction of sp³-hybridized carbons (Fsp3) is 0.667.